The van der Waals surface area contributed by atoms with E-state index in [9.17, 15) is 13.6 Å². The van der Waals surface area contributed by atoms with Crippen LogP contribution in [0.25, 0.3) is 0 Å². The molecule has 2 aromatic rings. The summed E-state index contributed by atoms with van der Waals surface area (Å²) in [6.45, 7) is 18.9. The molecule has 2 saturated heterocycles. The van der Waals surface area contributed by atoms with Crippen molar-refractivity contribution in [3.05, 3.63) is 71.2 Å². The molecule has 0 N–H and O–H groups in total. The van der Waals surface area contributed by atoms with Crippen LogP contribution in [0.3, 0.4) is 0 Å². The number of hydrogen-bond acceptors (Lipinski definition) is 4. The van der Waals surface area contributed by atoms with Crippen LogP contribution in [0.5, 0.6) is 0 Å². The number of pyridine rings is 1. The van der Waals surface area contributed by atoms with E-state index < -0.39 is 5.82 Å². The first-order chi connectivity index (χ1) is 19.8. The number of aromatic nitrogens is 1. The molecule has 228 valence electrons. The first-order valence-corrected chi connectivity index (χ1v) is 15.3. The van der Waals surface area contributed by atoms with Crippen molar-refractivity contribution < 1.29 is 13.6 Å². The lowest BCUT2D eigenvalue weighted by Crippen LogP contribution is -2.49. The van der Waals surface area contributed by atoms with Crippen LogP contribution in [0.1, 0.15) is 72.3 Å². The third kappa shape index (κ3) is 7.03. The van der Waals surface area contributed by atoms with Crippen LogP contribution in [-0.2, 0) is 4.79 Å². The summed E-state index contributed by atoms with van der Waals surface area (Å²) < 4.78 is 28.9. The second-order valence-corrected chi connectivity index (χ2v) is 13.1. The first kappa shape index (κ1) is 32.1. The molecule has 0 bridgehead atoms. The van der Waals surface area contributed by atoms with Crippen LogP contribution >= 0.6 is 11.6 Å². The highest BCUT2D eigenvalue weighted by Crippen LogP contribution is 2.39. The Hall–Kier alpha value is -2.84. The lowest BCUT2D eigenvalue weighted by atomic mass is 9.86. The monoisotopic (exact) mass is 599 g/mol. The van der Waals surface area contributed by atoms with Gasteiger partial charge in [0.25, 0.3) is 0 Å². The van der Waals surface area contributed by atoms with E-state index in [0.29, 0.717) is 37.4 Å². The Labute approximate surface area is 254 Å². The zero-order valence-corrected chi connectivity index (χ0v) is 26.5. The minimum Gasteiger partial charge on any atom is -0.342 e. The summed E-state index contributed by atoms with van der Waals surface area (Å²) in [5, 5.41) is 0.0666. The lowest BCUT2D eigenvalue weighted by Gasteiger charge is -2.40. The van der Waals surface area contributed by atoms with E-state index in [4.69, 9.17) is 16.6 Å². The van der Waals surface area contributed by atoms with Crippen molar-refractivity contribution in [3.63, 3.8) is 0 Å². The van der Waals surface area contributed by atoms with Crippen LogP contribution in [-0.4, -0.2) is 64.3 Å². The maximum Gasteiger partial charge on any atom is 0.227 e. The summed E-state index contributed by atoms with van der Waals surface area (Å²) in [5.74, 6) is -0.377. The minimum absolute atomic E-state index is 0.0666. The van der Waals surface area contributed by atoms with Crippen LogP contribution < -0.4 is 4.90 Å². The van der Waals surface area contributed by atoms with E-state index in [2.05, 4.69) is 56.0 Å². The average Bonchev–Trinajstić information content (AvgIpc) is 3.40. The molecule has 3 atom stereocenters. The molecule has 3 unspecified atom stereocenters. The quantitative estimate of drug-likeness (QED) is 0.247. The van der Waals surface area contributed by atoms with E-state index in [-0.39, 0.29) is 46.1 Å². The molecule has 3 heterocycles. The number of hydrogen-bond donors (Lipinski definition) is 0. The Morgan fingerprint density at radius 2 is 1.88 bits per heavy atom. The molecule has 2 aliphatic heterocycles. The normalized spacial score (nSPS) is 21.5. The number of nitrogens with zero attached hydrogens (tertiary/aromatic N) is 5. The summed E-state index contributed by atoms with van der Waals surface area (Å²) in [4.78, 5) is 29.2. The number of benzene rings is 1. The van der Waals surface area contributed by atoms with Crippen molar-refractivity contribution in [2.75, 3.05) is 31.1 Å². The lowest BCUT2D eigenvalue weighted by molar-refractivity contribution is -0.136. The molecule has 6 nitrogen and oxygen atoms in total. The highest BCUT2D eigenvalue weighted by Gasteiger charge is 2.45. The fraction of sp³-hybridized carbons (Fsp3) is 0.545. The Bertz CT molecular complexity index is 1320. The van der Waals surface area contributed by atoms with Gasteiger partial charge >= 0.3 is 0 Å². The van der Waals surface area contributed by atoms with Crippen molar-refractivity contribution in [3.8, 4) is 0 Å². The number of aliphatic imine (C=N–C) groups is 1. The van der Waals surface area contributed by atoms with Gasteiger partial charge in [-0.2, -0.15) is 0 Å². The minimum atomic E-state index is -0.461. The topological polar surface area (TPSA) is 52.0 Å². The van der Waals surface area contributed by atoms with Gasteiger partial charge in [0.05, 0.1) is 17.1 Å². The molecule has 0 spiro atoms. The number of carbonyl (C=O) groups excluding carboxylic acids is 1. The molecule has 0 aliphatic carbocycles. The molecular weight excluding hydrogens is 556 g/mol. The number of piperidine rings is 1. The smallest absolute Gasteiger partial charge is 0.227 e. The third-order valence-electron chi connectivity index (χ3n) is 8.73. The van der Waals surface area contributed by atoms with E-state index in [1.54, 1.807) is 24.4 Å². The predicted octanol–water partition coefficient (Wildman–Crippen LogP) is 7.30. The van der Waals surface area contributed by atoms with Gasteiger partial charge in [0, 0.05) is 67.2 Å². The van der Waals surface area contributed by atoms with Crippen LogP contribution in [0, 0.1) is 23.5 Å². The Morgan fingerprint density at radius 3 is 2.45 bits per heavy atom. The maximum absolute atomic E-state index is 14.9. The molecule has 0 saturated carbocycles. The van der Waals surface area contributed by atoms with Gasteiger partial charge < -0.3 is 9.80 Å². The fourth-order valence-electron chi connectivity index (χ4n) is 6.16. The number of amidine groups is 1. The van der Waals surface area contributed by atoms with Crippen LogP contribution in [0.15, 0.2) is 53.9 Å². The molecule has 42 heavy (non-hydrogen) atoms. The largest absolute Gasteiger partial charge is 0.342 e. The summed E-state index contributed by atoms with van der Waals surface area (Å²) in [7, 11) is 0. The predicted molar refractivity (Wildman–Crippen MR) is 167 cm³/mol. The number of amides is 1. The Morgan fingerprint density at radius 1 is 1.19 bits per heavy atom. The number of likely N-dealkylation sites (tertiary alicyclic amines) is 2. The summed E-state index contributed by atoms with van der Waals surface area (Å²) in [6, 6.07) is 6.57. The van der Waals surface area contributed by atoms with Gasteiger partial charge in [-0.05, 0) is 83.7 Å². The average molecular weight is 600 g/mol. The van der Waals surface area contributed by atoms with Gasteiger partial charge in [-0.3, -0.25) is 14.7 Å². The summed E-state index contributed by atoms with van der Waals surface area (Å²) >= 11 is 6.19. The zero-order chi connectivity index (χ0) is 30.8. The van der Waals surface area contributed by atoms with Crippen LogP contribution in [0.2, 0.25) is 5.02 Å². The second-order valence-electron chi connectivity index (χ2n) is 12.7. The molecule has 1 amide bonds. The van der Waals surface area contributed by atoms with E-state index >= 15 is 0 Å². The van der Waals surface area contributed by atoms with Crippen molar-refractivity contribution >= 4 is 29.0 Å². The van der Waals surface area contributed by atoms with Gasteiger partial charge in [0.15, 0.2) is 0 Å². The molecule has 9 heteroatoms. The Kier molecular flexibility index (Phi) is 10.1. The SMILES string of the molecule is C=C(C)N=C(C1CCN(C(=O)C2CN(C(C)(C)C)CC2c2ccncc2F)CC1)N(c1ccc(F)c(Cl)c1)C(C)CC. The van der Waals surface area contributed by atoms with Crippen molar-refractivity contribution in [2.24, 2.45) is 16.8 Å². The molecule has 2 aliphatic rings. The summed E-state index contributed by atoms with van der Waals surface area (Å²) in [6.07, 6.45) is 5.14. The molecule has 4 rings (SSSR count). The number of halogens is 3. The molecule has 1 aromatic heterocycles. The van der Waals surface area contributed by atoms with Gasteiger partial charge in [0.1, 0.15) is 17.5 Å². The van der Waals surface area contributed by atoms with E-state index in [1.807, 2.05) is 11.8 Å². The highest BCUT2D eigenvalue weighted by molar-refractivity contribution is 6.31. The number of anilines is 1. The molecule has 1 aromatic carbocycles. The molecular formula is C33H44ClF2N5O. The van der Waals surface area contributed by atoms with E-state index in [0.717, 1.165) is 30.8 Å². The van der Waals surface area contributed by atoms with Gasteiger partial charge in [-0.1, -0.05) is 25.1 Å². The Balaban J connectivity index is 1.57. The second kappa shape index (κ2) is 13.2. The number of allylic oxidation sites excluding steroid dienone is 1. The van der Waals surface area contributed by atoms with Crippen LogP contribution in [0.4, 0.5) is 14.5 Å². The maximum atomic E-state index is 14.9. The van der Waals surface area contributed by atoms with Crippen molar-refractivity contribution in [1.82, 2.24) is 14.8 Å². The number of rotatable bonds is 7. The van der Waals surface area contributed by atoms with Crippen molar-refractivity contribution in [1.29, 1.82) is 0 Å². The fourth-order valence-corrected chi connectivity index (χ4v) is 6.34. The van der Waals surface area contributed by atoms with Gasteiger partial charge in [-0.25, -0.2) is 13.8 Å². The van der Waals surface area contributed by atoms with E-state index in [1.165, 1.54) is 12.3 Å². The molecule has 0 radical (unpaired) electrons. The zero-order valence-electron chi connectivity index (χ0n) is 25.7. The molecule has 2 fully saturated rings. The third-order valence-corrected chi connectivity index (χ3v) is 9.02. The first-order valence-electron chi connectivity index (χ1n) is 14.9. The standard InChI is InChI=1S/C33H44ClF2N5O/c1-8-22(4)41(24-9-10-29(35)28(34)17-24)31(38-21(2)3)23-12-15-39(16-13-23)32(42)27-20-40(33(5,6)7)19-26(27)25-11-14-37-18-30(25)36/h9-11,14,17-18,22-23,26-27H,2,8,12-13,15-16,19-20H2,1,3-7H3. The van der Waals surface area contributed by atoms with Gasteiger partial charge in [0.2, 0.25) is 5.91 Å². The highest BCUT2D eigenvalue weighted by atomic mass is 35.5. The van der Waals surface area contributed by atoms with Crippen molar-refractivity contribution in [2.45, 2.75) is 78.3 Å². The number of carbonyl (C=O) groups is 1. The van der Waals surface area contributed by atoms with Gasteiger partial charge in [-0.15, -0.1) is 0 Å². The summed E-state index contributed by atoms with van der Waals surface area (Å²) in [5.41, 5.74) is 1.88.